The summed E-state index contributed by atoms with van der Waals surface area (Å²) in [5, 5.41) is 3.36. The second-order valence-corrected chi connectivity index (χ2v) is 5.92. The summed E-state index contributed by atoms with van der Waals surface area (Å²) >= 11 is 0. The lowest BCUT2D eigenvalue weighted by atomic mass is 9.94. The summed E-state index contributed by atoms with van der Waals surface area (Å²) in [4.78, 5) is 14.8. The van der Waals surface area contributed by atoms with E-state index in [2.05, 4.69) is 25.2 Å². The van der Waals surface area contributed by atoms with Gasteiger partial charge in [0.1, 0.15) is 12.4 Å². The Bertz CT molecular complexity index is 493. The lowest BCUT2D eigenvalue weighted by molar-refractivity contribution is -0.142. The van der Waals surface area contributed by atoms with Crippen LogP contribution >= 0.6 is 0 Å². The van der Waals surface area contributed by atoms with Crippen LogP contribution in [0.4, 0.5) is 0 Å². The number of rotatable bonds is 1. The van der Waals surface area contributed by atoms with Crippen molar-refractivity contribution in [3.8, 4) is 5.75 Å². The van der Waals surface area contributed by atoms with Crippen LogP contribution in [0, 0.1) is 5.92 Å². The number of nitrogens with one attached hydrogen (secondary N) is 1. The van der Waals surface area contributed by atoms with Crippen LogP contribution in [-0.2, 0) is 11.2 Å². The Labute approximate surface area is 120 Å². The molecule has 1 amide bonds. The maximum absolute atomic E-state index is 12.8. The molecule has 4 heteroatoms. The lowest BCUT2D eigenvalue weighted by Gasteiger charge is -2.41. The minimum atomic E-state index is -0.0482. The molecule has 0 spiro atoms. The van der Waals surface area contributed by atoms with Crippen LogP contribution in [0.15, 0.2) is 24.3 Å². The third-order valence-corrected chi connectivity index (χ3v) is 4.31. The van der Waals surface area contributed by atoms with Gasteiger partial charge >= 0.3 is 0 Å². The van der Waals surface area contributed by atoms with E-state index < -0.39 is 0 Å². The number of carbonyl (C=O) groups is 1. The zero-order chi connectivity index (χ0) is 14.1. The van der Waals surface area contributed by atoms with E-state index in [0.29, 0.717) is 6.61 Å². The van der Waals surface area contributed by atoms with Crippen LogP contribution in [0.5, 0.6) is 5.75 Å². The molecule has 1 saturated heterocycles. The molecule has 4 nitrogen and oxygen atoms in total. The van der Waals surface area contributed by atoms with Crippen LogP contribution in [0.2, 0.25) is 0 Å². The highest BCUT2D eigenvalue weighted by Crippen LogP contribution is 2.28. The van der Waals surface area contributed by atoms with E-state index in [1.807, 2.05) is 23.1 Å². The lowest BCUT2D eigenvalue weighted by Crippen LogP contribution is -2.59. The van der Waals surface area contributed by atoms with Crippen LogP contribution < -0.4 is 10.1 Å². The second-order valence-electron chi connectivity index (χ2n) is 5.92. The first-order valence-corrected chi connectivity index (χ1v) is 7.40. The summed E-state index contributed by atoms with van der Waals surface area (Å²) in [7, 11) is 0. The molecule has 2 aliphatic heterocycles. The van der Waals surface area contributed by atoms with Gasteiger partial charge in [0.15, 0.2) is 0 Å². The third-order valence-electron chi connectivity index (χ3n) is 4.31. The van der Waals surface area contributed by atoms with Crippen molar-refractivity contribution in [2.24, 2.45) is 5.92 Å². The summed E-state index contributed by atoms with van der Waals surface area (Å²) in [5.41, 5.74) is 1.15. The van der Waals surface area contributed by atoms with Crippen LogP contribution in [0.1, 0.15) is 19.4 Å². The highest BCUT2D eigenvalue weighted by molar-refractivity contribution is 5.80. The normalized spacial score (nSPS) is 29.5. The number of benzene rings is 1. The first kappa shape index (κ1) is 13.4. The molecular weight excluding hydrogens is 252 g/mol. The molecule has 2 heterocycles. The molecule has 3 unspecified atom stereocenters. The first-order valence-electron chi connectivity index (χ1n) is 7.40. The van der Waals surface area contributed by atoms with E-state index in [-0.39, 0.29) is 23.9 Å². The number of hydrogen-bond donors (Lipinski definition) is 1. The van der Waals surface area contributed by atoms with Gasteiger partial charge in [-0.05, 0) is 31.9 Å². The fraction of sp³-hybridized carbons (Fsp3) is 0.562. The van der Waals surface area contributed by atoms with E-state index in [4.69, 9.17) is 4.74 Å². The van der Waals surface area contributed by atoms with Gasteiger partial charge in [0.25, 0.3) is 0 Å². The smallest absolute Gasteiger partial charge is 0.230 e. The molecule has 0 saturated carbocycles. The maximum atomic E-state index is 12.8. The van der Waals surface area contributed by atoms with Crippen molar-refractivity contribution in [2.45, 2.75) is 32.4 Å². The predicted octanol–water partition coefficient (Wildman–Crippen LogP) is 1.45. The SMILES string of the molecule is CC1CNCC(C)N1C(=O)C1COc2ccccc2C1. The molecule has 0 radical (unpaired) electrons. The summed E-state index contributed by atoms with van der Waals surface area (Å²) < 4.78 is 5.76. The number of amides is 1. The van der Waals surface area contributed by atoms with E-state index in [1.54, 1.807) is 0 Å². The van der Waals surface area contributed by atoms with Crippen molar-refractivity contribution in [3.63, 3.8) is 0 Å². The number of hydrogen-bond acceptors (Lipinski definition) is 3. The molecule has 1 N–H and O–H groups in total. The molecule has 3 atom stereocenters. The minimum absolute atomic E-state index is 0.0482. The molecule has 108 valence electrons. The Balaban J connectivity index is 1.75. The number of carbonyl (C=O) groups excluding carboxylic acids is 1. The molecule has 1 fully saturated rings. The van der Waals surface area contributed by atoms with E-state index in [9.17, 15) is 4.79 Å². The standard InChI is InChI=1S/C16H22N2O2/c1-11-8-17-9-12(2)18(11)16(19)14-7-13-5-3-4-6-15(13)20-10-14/h3-6,11-12,14,17H,7-10H2,1-2H3. The van der Waals surface area contributed by atoms with Gasteiger partial charge in [-0.1, -0.05) is 18.2 Å². The van der Waals surface area contributed by atoms with Crippen molar-refractivity contribution >= 4 is 5.91 Å². The van der Waals surface area contributed by atoms with Crippen molar-refractivity contribution in [3.05, 3.63) is 29.8 Å². The highest BCUT2D eigenvalue weighted by Gasteiger charge is 2.35. The summed E-state index contributed by atoms with van der Waals surface area (Å²) in [6.07, 6.45) is 0.790. The average Bonchev–Trinajstić information content (AvgIpc) is 2.46. The largest absolute Gasteiger partial charge is 0.492 e. The Hall–Kier alpha value is -1.55. The Morgan fingerprint density at radius 3 is 2.70 bits per heavy atom. The molecule has 1 aromatic rings. The number of ether oxygens (including phenoxy) is 1. The molecule has 1 aromatic carbocycles. The van der Waals surface area contributed by atoms with Crippen molar-refractivity contribution in [1.29, 1.82) is 0 Å². The van der Waals surface area contributed by atoms with Crippen molar-refractivity contribution in [2.75, 3.05) is 19.7 Å². The molecule has 2 aliphatic rings. The van der Waals surface area contributed by atoms with Crippen LogP contribution in [0.3, 0.4) is 0 Å². The number of fused-ring (bicyclic) bond motifs is 1. The van der Waals surface area contributed by atoms with Gasteiger partial charge in [-0.3, -0.25) is 4.79 Å². The summed E-state index contributed by atoms with van der Waals surface area (Å²) in [6, 6.07) is 8.52. The van der Waals surface area contributed by atoms with Crippen LogP contribution in [-0.4, -0.2) is 42.6 Å². The first-order chi connectivity index (χ1) is 9.66. The molecule has 0 aromatic heterocycles. The van der Waals surface area contributed by atoms with Crippen molar-refractivity contribution < 1.29 is 9.53 Å². The van der Waals surface area contributed by atoms with Gasteiger partial charge in [-0.15, -0.1) is 0 Å². The summed E-state index contributed by atoms with van der Waals surface area (Å²) in [6.45, 7) is 6.47. The number of piperazine rings is 1. The van der Waals surface area contributed by atoms with Gasteiger partial charge < -0.3 is 15.0 Å². The third kappa shape index (κ3) is 2.40. The Morgan fingerprint density at radius 1 is 1.25 bits per heavy atom. The van der Waals surface area contributed by atoms with E-state index in [0.717, 1.165) is 30.8 Å². The molecule has 0 bridgehead atoms. The highest BCUT2D eigenvalue weighted by atomic mass is 16.5. The fourth-order valence-corrected chi connectivity index (χ4v) is 3.26. The number of para-hydroxylation sites is 1. The molecule has 20 heavy (non-hydrogen) atoms. The van der Waals surface area contributed by atoms with Crippen LogP contribution in [0.25, 0.3) is 0 Å². The topological polar surface area (TPSA) is 41.6 Å². The van der Waals surface area contributed by atoms with Gasteiger partial charge in [-0.25, -0.2) is 0 Å². The molecule has 3 rings (SSSR count). The minimum Gasteiger partial charge on any atom is -0.492 e. The molecule has 0 aliphatic carbocycles. The number of nitrogens with zero attached hydrogens (tertiary/aromatic N) is 1. The maximum Gasteiger partial charge on any atom is 0.230 e. The quantitative estimate of drug-likeness (QED) is 0.842. The van der Waals surface area contributed by atoms with Crippen molar-refractivity contribution in [1.82, 2.24) is 10.2 Å². The predicted molar refractivity (Wildman–Crippen MR) is 77.8 cm³/mol. The van der Waals surface area contributed by atoms with E-state index in [1.165, 1.54) is 0 Å². The van der Waals surface area contributed by atoms with E-state index >= 15 is 0 Å². The zero-order valence-electron chi connectivity index (χ0n) is 12.1. The second kappa shape index (κ2) is 5.44. The molecular formula is C16H22N2O2. The summed E-state index contributed by atoms with van der Waals surface area (Å²) in [5.74, 6) is 1.12. The van der Waals surface area contributed by atoms with Gasteiger partial charge in [0.05, 0.1) is 5.92 Å². The zero-order valence-corrected chi connectivity index (χ0v) is 12.1. The van der Waals surface area contributed by atoms with Gasteiger partial charge in [0.2, 0.25) is 5.91 Å². The monoisotopic (exact) mass is 274 g/mol. The fourth-order valence-electron chi connectivity index (χ4n) is 3.26. The van der Waals surface area contributed by atoms with Gasteiger partial charge in [-0.2, -0.15) is 0 Å². The Morgan fingerprint density at radius 2 is 1.95 bits per heavy atom. The Kier molecular flexibility index (Phi) is 3.66. The van der Waals surface area contributed by atoms with Gasteiger partial charge in [0, 0.05) is 25.2 Å². The average molecular weight is 274 g/mol.